The third-order valence-corrected chi connectivity index (χ3v) is 6.09. The van der Waals surface area contributed by atoms with Crippen molar-refractivity contribution in [3.8, 4) is 5.75 Å². The van der Waals surface area contributed by atoms with Gasteiger partial charge in [-0.1, -0.05) is 12.1 Å². The molecule has 22 heavy (non-hydrogen) atoms. The van der Waals surface area contributed by atoms with Crippen molar-refractivity contribution in [2.45, 2.75) is 43.9 Å². The maximum Gasteiger partial charge on any atom is 0.133 e. The lowest BCUT2D eigenvalue weighted by Crippen LogP contribution is -2.53. The number of nitrogens with zero attached hydrogens (tertiary/aromatic N) is 1. The van der Waals surface area contributed by atoms with Crippen LogP contribution in [0.1, 0.15) is 44.1 Å². The Morgan fingerprint density at radius 3 is 2.91 bits per heavy atom. The third kappa shape index (κ3) is 2.56. The van der Waals surface area contributed by atoms with Crippen LogP contribution in [0.15, 0.2) is 24.3 Å². The van der Waals surface area contributed by atoms with E-state index in [9.17, 15) is 9.90 Å². The summed E-state index contributed by atoms with van der Waals surface area (Å²) < 4.78 is 0. The highest BCUT2D eigenvalue weighted by atomic mass is 16.3. The van der Waals surface area contributed by atoms with Gasteiger partial charge in [-0.25, -0.2) is 0 Å². The lowest BCUT2D eigenvalue weighted by atomic mass is 9.59. The molecule has 3 fully saturated rings. The molecule has 0 radical (unpaired) electrons. The number of Topliss-reactive ketones (excluding diaryl/α,β-unsaturated/α-hetero) is 1. The summed E-state index contributed by atoms with van der Waals surface area (Å²) in [6, 6.07) is 7.77. The van der Waals surface area contributed by atoms with E-state index >= 15 is 0 Å². The highest BCUT2D eigenvalue weighted by Crippen LogP contribution is 2.49. The maximum atomic E-state index is 12.0. The zero-order valence-electron chi connectivity index (χ0n) is 13.1. The first-order valence-corrected chi connectivity index (χ1v) is 8.69. The van der Waals surface area contributed by atoms with Crippen molar-refractivity contribution < 1.29 is 9.90 Å². The van der Waals surface area contributed by atoms with Crippen molar-refractivity contribution in [1.82, 2.24) is 4.90 Å². The number of piperidine rings is 1. The summed E-state index contributed by atoms with van der Waals surface area (Å²) in [5, 5.41) is 9.88. The van der Waals surface area contributed by atoms with Gasteiger partial charge in [0.2, 0.25) is 0 Å². The predicted octanol–water partition coefficient (Wildman–Crippen LogP) is 3.11. The Labute approximate surface area is 132 Å². The van der Waals surface area contributed by atoms with Crippen LogP contribution in [0.4, 0.5) is 0 Å². The van der Waals surface area contributed by atoms with Crippen molar-refractivity contribution in [1.29, 1.82) is 0 Å². The predicted molar refractivity (Wildman–Crippen MR) is 85.9 cm³/mol. The molecule has 3 aliphatic rings. The number of rotatable bonds is 3. The molecule has 1 heterocycles. The van der Waals surface area contributed by atoms with E-state index in [0.717, 1.165) is 38.3 Å². The van der Waals surface area contributed by atoms with Gasteiger partial charge in [0.25, 0.3) is 0 Å². The van der Waals surface area contributed by atoms with E-state index in [4.69, 9.17) is 0 Å². The molecule has 4 rings (SSSR count). The molecule has 118 valence electrons. The van der Waals surface area contributed by atoms with Crippen molar-refractivity contribution >= 4 is 5.78 Å². The highest BCUT2D eigenvalue weighted by Gasteiger charge is 2.47. The van der Waals surface area contributed by atoms with Gasteiger partial charge in [-0.05, 0) is 61.8 Å². The number of benzene rings is 1. The molecule has 1 N–H and O–H groups in total. The van der Waals surface area contributed by atoms with Crippen LogP contribution in [0.3, 0.4) is 0 Å². The number of hydrogen-bond donors (Lipinski definition) is 1. The van der Waals surface area contributed by atoms with Crippen LogP contribution in [-0.2, 0) is 10.2 Å². The van der Waals surface area contributed by atoms with Crippen LogP contribution in [0.2, 0.25) is 0 Å². The van der Waals surface area contributed by atoms with E-state index in [0.29, 0.717) is 23.9 Å². The van der Waals surface area contributed by atoms with Crippen LogP contribution in [0, 0.1) is 11.8 Å². The summed E-state index contributed by atoms with van der Waals surface area (Å²) in [5.74, 6) is 2.10. The summed E-state index contributed by atoms with van der Waals surface area (Å²) in [7, 11) is 0. The summed E-state index contributed by atoms with van der Waals surface area (Å²) in [6.45, 7) is 3.41. The number of phenolic OH excluding ortho intramolecular Hbond substituents is 1. The second-order valence-corrected chi connectivity index (χ2v) is 7.60. The van der Waals surface area contributed by atoms with Crippen molar-refractivity contribution in [3.63, 3.8) is 0 Å². The topological polar surface area (TPSA) is 40.5 Å². The minimum atomic E-state index is 0.104. The van der Waals surface area contributed by atoms with Crippen LogP contribution in [0.25, 0.3) is 0 Å². The zero-order valence-corrected chi connectivity index (χ0v) is 13.1. The highest BCUT2D eigenvalue weighted by molar-refractivity contribution is 5.80. The fraction of sp³-hybridized carbons (Fsp3) is 0.632. The molecule has 3 nitrogen and oxygen atoms in total. The number of phenols is 1. The van der Waals surface area contributed by atoms with Crippen molar-refractivity contribution in [2.75, 3.05) is 19.6 Å². The fourth-order valence-electron chi connectivity index (χ4n) is 4.64. The molecular formula is C19H25NO2. The average Bonchev–Trinajstić information content (AvgIpc) is 3.31. The summed E-state index contributed by atoms with van der Waals surface area (Å²) in [4.78, 5) is 14.6. The minimum absolute atomic E-state index is 0.104. The normalized spacial score (nSPS) is 32.7. The summed E-state index contributed by atoms with van der Waals surface area (Å²) >= 11 is 0. The third-order valence-electron chi connectivity index (χ3n) is 6.09. The van der Waals surface area contributed by atoms with Gasteiger partial charge in [0.15, 0.2) is 0 Å². The fourth-order valence-corrected chi connectivity index (χ4v) is 4.64. The first-order valence-electron chi connectivity index (χ1n) is 8.69. The van der Waals surface area contributed by atoms with Crippen LogP contribution in [-0.4, -0.2) is 35.4 Å². The van der Waals surface area contributed by atoms with Crippen molar-refractivity contribution in [2.24, 2.45) is 11.8 Å². The number of hydrogen-bond acceptors (Lipinski definition) is 3. The van der Waals surface area contributed by atoms with Crippen LogP contribution in [0.5, 0.6) is 5.75 Å². The van der Waals surface area contributed by atoms with E-state index in [2.05, 4.69) is 11.0 Å². The molecule has 2 aliphatic carbocycles. The molecule has 0 amide bonds. The largest absolute Gasteiger partial charge is 0.508 e. The van der Waals surface area contributed by atoms with E-state index in [-0.39, 0.29) is 5.41 Å². The smallest absolute Gasteiger partial charge is 0.133 e. The molecule has 1 unspecified atom stereocenters. The Balaban J connectivity index is 1.61. The van der Waals surface area contributed by atoms with Gasteiger partial charge in [-0.3, -0.25) is 4.79 Å². The SMILES string of the molecule is O=C1CCC2(c3cccc(O)c3)CCN(CC3CC3)C[C@@H]2C1. The molecule has 0 bridgehead atoms. The average molecular weight is 299 g/mol. The maximum absolute atomic E-state index is 12.0. The van der Waals surface area contributed by atoms with Gasteiger partial charge >= 0.3 is 0 Å². The molecule has 0 spiro atoms. The molecule has 0 aromatic heterocycles. The first-order chi connectivity index (χ1) is 10.7. The van der Waals surface area contributed by atoms with E-state index in [1.807, 2.05) is 12.1 Å². The molecule has 3 heteroatoms. The van der Waals surface area contributed by atoms with Gasteiger partial charge in [0.05, 0.1) is 0 Å². The Bertz CT molecular complexity index is 581. The summed E-state index contributed by atoms with van der Waals surface area (Å²) in [5.41, 5.74) is 1.35. The molecule has 1 saturated heterocycles. The Hall–Kier alpha value is -1.35. The van der Waals surface area contributed by atoms with Crippen molar-refractivity contribution in [3.05, 3.63) is 29.8 Å². The van der Waals surface area contributed by atoms with E-state index < -0.39 is 0 Å². The molecule has 1 aliphatic heterocycles. The van der Waals surface area contributed by atoms with Crippen LogP contribution >= 0.6 is 0 Å². The number of likely N-dealkylation sites (tertiary alicyclic amines) is 1. The minimum Gasteiger partial charge on any atom is -0.508 e. The summed E-state index contributed by atoms with van der Waals surface area (Å²) in [6.07, 6.45) is 6.28. The second kappa shape index (κ2) is 5.38. The monoisotopic (exact) mass is 299 g/mol. The zero-order chi connectivity index (χ0) is 15.2. The molecule has 1 aromatic rings. The molecule has 2 atom stereocenters. The lowest BCUT2D eigenvalue weighted by molar-refractivity contribution is -0.124. The number of fused-ring (bicyclic) bond motifs is 1. The van der Waals surface area contributed by atoms with Gasteiger partial charge in [-0.15, -0.1) is 0 Å². The van der Waals surface area contributed by atoms with Gasteiger partial charge in [0, 0.05) is 31.3 Å². The number of carbonyl (C=O) groups is 1. The van der Waals surface area contributed by atoms with Gasteiger partial charge in [-0.2, -0.15) is 0 Å². The molecule has 2 saturated carbocycles. The molecule has 1 aromatic carbocycles. The molecular weight excluding hydrogens is 274 g/mol. The Morgan fingerprint density at radius 1 is 1.27 bits per heavy atom. The van der Waals surface area contributed by atoms with Gasteiger partial charge < -0.3 is 10.0 Å². The number of carbonyl (C=O) groups excluding carboxylic acids is 1. The first kappa shape index (κ1) is 14.3. The van der Waals surface area contributed by atoms with Gasteiger partial charge in [0.1, 0.15) is 11.5 Å². The lowest BCUT2D eigenvalue weighted by Gasteiger charge is -2.51. The standard InChI is InChI=1S/C19H25NO2/c21-17-3-1-2-15(10-17)19-7-6-18(22)11-16(19)13-20(9-8-19)12-14-4-5-14/h1-3,10,14,16,21H,4-9,11-13H2/t16-,19?/m0/s1. The second-order valence-electron chi connectivity index (χ2n) is 7.60. The quantitative estimate of drug-likeness (QED) is 0.932. The number of ketones is 1. The van der Waals surface area contributed by atoms with Crippen LogP contribution < -0.4 is 0 Å². The van der Waals surface area contributed by atoms with E-state index in [1.165, 1.54) is 24.9 Å². The Kier molecular flexibility index (Phi) is 3.48. The number of aromatic hydroxyl groups is 1. The Morgan fingerprint density at radius 2 is 2.14 bits per heavy atom. The van der Waals surface area contributed by atoms with E-state index in [1.54, 1.807) is 6.07 Å².